The molecule has 146 valence electrons. The molecule has 0 aliphatic carbocycles. The van der Waals surface area contributed by atoms with Crippen LogP contribution in [0.5, 0.6) is 0 Å². The number of carbonyl (C=O) groups is 2. The molecule has 2 aromatic carbocycles. The number of halogens is 1. The third-order valence-corrected chi connectivity index (χ3v) is 5.68. The Bertz CT molecular complexity index is 1060. The van der Waals surface area contributed by atoms with Gasteiger partial charge in [0.1, 0.15) is 5.76 Å². The van der Waals surface area contributed by atoms with Crippen molar-refractivity contribution in [1.82, 2.24) is 4.72 Å². The van der Waals surface area contributed by atoms with Gasteiger partial charge in [0.25, 0.3) is 11.5 Å². The summed E-state index contributed by atoms with van der Waals surface area (Å²) in [5.74, 6) is -1.96. The van der Waals surface area contributed by atoms with Crippen LogP contribution in [0.3, 0.4) is 0 Å². The number of sulfonamides is 1. The van der Waals surface area contributed by atoms with E-state index in [1.165, 1.54) is 43.3 Å². The van der Waals surface area contributed by atoms with Crippen LogP contribution in [0.25, 0.3) is 0 Å². The van der Waals surface area contributed by atoms with E-state index in [0.29, 0.717) is 5.02 Å². The molecule has 1 aliphatic heterocycles. The van der Waals surface area contributed by atoms with Gasteiger partial charge in [-0.15, -0.1) is 0 Å². The van der Waals surface area contributed by atoms with Crippen LogP contribution < -0.4 is 4.72 Å². The summed E-state index contributed by atoms with van der Waals surface area (Å²) in [6.07, 6.45) is 0. The molecule has 1 atom stereocenters. The minimum Gasteiger partial charge on any atom is -0.460 e. The molecule has 9 heteroatoms. The fourth-order valence-corrected chi connectivity index (χ4v) is 4.14. The maximum absolute atomic E-state index is 13.1. The number of ketones is 1. The lowest BCUT2D eigenvalue weighted by molar-refractivity contribution is -0.143. The van der Waals surface area contributed by atoms with Crippen molar-refractivity contribution in [3.05, 3.63) is 76.7 Å². The van der Waals surface area contributed by atoms with Crippen LogP contribution in [0, 0.1) is 0 Å². The second-order valence-electron chi connectivity index (χ2n) is 6.02. The van der Waals surface area contributed by atoms with Crippen molar-refractivity contribution in [2.75, 3.05) is 0 Å². The lowest BCUT2D eigenvalue weighted by Gasteiger charge is -2.29. The molecule has 2 aromatic rings. The monoisotopic (exact) mass is 421 g/mol. The Morgan fingerprint density at radius 3 is 2.29 bits per heavy atom. The number of Topliss-reactive ketones (excluding diaryl/α,β-unsaturated/α-hetero) is 1. The van der Waals surface area contributed by atoms with Gasteiger partial charge >= 0.3 is 5.97 Å². The summed E-state index contributed by atoms with van der Waals surface area (Å²) >= 11 is 5.91. The van der Waals surface area contributed by atoms with Gasteiger partial charge in [-0.1, -0.05) is 41.9 Å². The molecule has 0 fully saturated rings. The number of carbonyl (C=O) groups excluding carboxylic acids is 2. The highest BCUT2D eigenvalue weighted by Gasteiger charge is 2.54. The molecule has 0 amide bonds. The highest BCUT2D eigenvalue weighted by Crippen LogP contribution is 2.39. The van der Waals surface area contributed by atoms with Crippen LogP contribution in [0.4, 0.5) is 0 Å². The topological polar surface area (TPSA) is 98.8 Å². The van der Waals surface area contributed by atoms with E-state index in [1.807, 2.05) is 0 Å². The highest BCUT2D eigenvalue weighted by atomic mass is 35.5. The molecule has 0 spiro atoms. The number of allylic oxidation sites excluding steroid dienone is 1. The highest BCUT2D eigenvalue weighted by molar-refractivity contribution is 7.89. The number of rotatable bonds is 5. The Morgan fingerprint density at radius 2 is 1.71 bits per heavy atom. The first kappa shape index (κ1) is 20.1. The Labute approximate surface area is 167 Å². The van der Waals surface area contributed by atoms with E-state index in [1.54, 1.807) is 18.2 Å². The van der Waals surface area contributed by atoms with Crippen molar-refractivity contribution in [1.29, 1.82) is 0 Å². The lowest BCUT2D eigenvalue weighted by Crippen LogP contribution is -2.51. The fraction of sp³-hybridized carbons (Fsp3) is 0.158. The molecule has 3 rings (SSSR count). The molecule has 0 bridgehead atoms. The van der Waals surface area contributed by atoms with Crippen molar-refractivity contribution in [3.8, 4) is 0 Å². The smallest absolute Gasteiger partial charge is 0.308 e. The molecule has 0 saturated carbocycles. The quantitative estimate of drug-likeness (QED) is 0.745. The summed E-state index contributed by atoms with van der Waals surface area (Å²) in [6, 6.07) is 13.4. The van der Waals surface area contributed by atoms with Gasteiger partial charge in [-0.2, -0.15) is 4.72 Å². The van der Waals surface area contributed by atoms with Crippen LogP contribution in [0.15, 0.2) is 71.0 Å². The molecule has 1 aliphatic rings. The van der Waals surface area contributed by atoms with E-state index >= 15 is 0 Å². The number of esters is 1. The molecule has 1 unspecified atom stereocenters. The zero-order chi connectivity index (χ0) is 20.5. The van der Waals surface area contributed by atoms with Gasteiger partial charge in [0, 0.05) is 17.5 Å². The molecule has 0 aromatic heterocycles. The number of hydrogen-bond acceptors (Lipinski definition) is 6. The second-order valence-corrected chi connectivity index (χ2v) is 8.14. The van der Waals surface area contributed by atoms with Crippen LogP contribution in [-0.4, -0.2) is 20.2 Å². The predicted molar refractivity (Wildman–Crippen MR) is 100 cm³/mol. The van der Waals surface area contributed by atoms with Gasteiger partial charge in [-0.3, -0.25) is 9.59 Å². The van der Waals surface area contributed by atoms with Gasteiger partial charge < -0.3 is 9.47 Å². The number of benzene rings is 2. The summed E-state index contributed by atoms with van der Waals surface area (Å²) in [5.41, 5.74) is -1.95. The fourth-order valence-electron chi connectivity index (χ4n) is 2.75. The van der Waals surface area contributed by atoms with E-state index in [-0.39, 0.29) is 22.0 Å². The number of nitrogens with one attached hydrogen (secondary N) is 1. The molecule has 0 saturated heterocycles. The molecule has 1 heterocycles. The number of ether oxygens (including phenoxy) is 2. The first-order chi connectivity index (χ1) is 13.2. The third kappa shape index (κ3) is 3.66. The van der Waals surface area contributed by atoms with Crippen LogP contribution >= 0.6 is 11.6 Å². The predicted octanol–water partition coefficient (Wildman–Crippen LogP) is 2.87. The maximum atomic E-state index is 13.1. The van der Waals surface area contributed by atoms with E-state index in [9.17, 15) is 18.0 Å². The number of hydrogen-bond donors (Lipinski definition) is 1. The summed E-state index contributed by atoms with van der Waals surface area (Å²) in [5, 5.41) is 0.389. The van der Waals surface area contributed by atoms with Gasteiger partial charge in [0.15, 0.2) is 0 Å². The van der Waals surface area contributed by atoms with E-state index in [4.69, 9.17) is 21.1 Å². The first-order valence-electron chi connectivity index (χ1n) is 8.14. The first-order valence-corrected chi connectivity index (χ1v) is 10.00. The zero-order valence-corrected chi connectivity index (χ0v) is 16.5. The normalized spacial score (nSPS) is 19.5. The van der Waals surface area contributed by atoms with Crippen molar-refractivity contribution >= 4 is 33.4 Å². The molecule has 7 nitrogen and oxygen atoms in total. The van der Waals surface area contributed by atoms with E-state index in [0.717, 1.165) is 6.92 Å². The third-order valence-electron chi connectivity index (χ3n) is 3.98. The van der Waals surface area contributed by atoms with Gasteiger partial charge in [0.05, 0.1) is 4.90 Å². The average Bonchev–Trinajstić information content (AvgIpc) is 2.87. The molecular formula is C19H16ClNO6S. The van der Waals surface area contributed by atoms with Crippen LogP contribution in [-0.2, 0) is 34.8 Å². The van der Waals surface area contributed by atoms with E-state index in [2.05, 4.69) is 4.72 Å². The second kappa shape index (κ2) is 7.38. The Balaban J connectivity index is 2.11. The average molecular weight is 422 g/mol. The minimum atomic E-state index is -4.16. The molecule has 28 heavy (non-hydrogen) atoms. The van der Waals surface area contributed by atoms with Gasteiger partial charge in [-0.25, -0.2) is 8.42 Å². The van der Waals surface area contributed by atoms with Crippen LogP contribution in [0.1, 0.15) is 19.4 Å². The SMILES string of the molecule is CC(=O)OC1=C(C)OC(NS(=O)(=O)c2ccccc2)(c2ccc(Cl)cc2)C1=O. The molecule has 1 N–H and O–H groups in total. The summed E-state index contributed by atoms with van der Waals surface area (Å²) in [4.78, 5) is 24.5. The zero-order valence-electron chi connectivity index (χ0n) is 14.9. The van der Waals surface area contributed by atoms with Crippen LogP contribution in [0.2, 0.25) is 5.02 Å². The Kier molecular flexibility index (Phi) is 5.29. The summed E-state index contributed by atoms with van der Waals surface area (Å²) in [6.45, 7) is 2.54. The molecular weight excluding hydrogens is 406 g/mol. The largest absolute Gasteiger partial charge is 0.460 e. The summed E-state index contributed by atoms with van der Waals surface area (Å²) < 4.78 is 38.8. The maximum Gasteiger partial charge on any atom is 0.308 e. The minimum absolute atomic E-state index is 0.0223. The Morgan fingerprint density at radius 1 is 1.11 bits per heavy atom. The van der Waals surface area contributed by atoms with Crippen molar-refractivity contribution in [2.45, 2.75) is 24.5 Å². The van der Waals surface area contributed by atoms with Gasteiger partial charge in [-0.05, 0) is 31.2 Å². The standard InChI is InChI=1S/C19H16ClNO6S/c1-12-17(26-13(2)22)18(23)19(27-12,14-8-10-15(20)11-9-14)21-28(24,25)16-6-4-3-5-7-16/h3-11,21H,1-2H3. The van der Waals surface area contributed by atoms with Gasteiger partial charge in [0.2, 0.25) is 15.8 Å². The van der Waals surface area contributed by atoms with Crippen molar-refractivity contribution in [2.24, 2.45) is 0 Å². The molecule has 0 radical (unpaired) electrons. The van der Waals surface area contributed by atoms with Crippen molar-refractivity contribution < 1.29 is 27.5 Å². The Hall–Kier alpha value is -2.68. The summed E-state index contributed by atoms with van der Waals surface area (Å²) in [7, 11) is -4.16. The van der Waals surface area contributed by atoms with Crippen molar-refractivity contribution in [3.63, 3.8) is 0 Å². The lowest BCUT2D eigenvalue weighted by atomic mass is 9.99. The van der Waals surface area contributed by atoms with E-state index < -0.39 is 27.5 Å².